The predicted octanol–water partition coefficient (Wildman–Crippen LogP) is 5.81. The molecule has 26 heavy (non-hydrogen) atoms. The molecule has 0 aliphatic heterocycles. The average Bonchev–Trinajstić information content (AvgIpc) is 2.70. The fourth-order valence-corrected chi connectivity index (χ4v) is 3.06. The Labute approximate surface area is 163 Å². The van der Waals surface area contributed by atoms with Crippen LogP contribution >= 0.6 is 15.9 Å². The van der Waals surface area contributed by atoms with Gasteiger partial charge in [-0.1, -0.05) is 84.1 Å². The standard InChI is InChI=1S/C22H25BrO3/c23-16-8-3-1-2-4-9-17-26-22(25)20-14-12-19(13-15-20)21(24)18-10-6-5-7-11-18/h5-7,10-15H,1-4,8-9,16-17H2. The molecule has 0 spiro atoms. The van der Waals surface area contributed by atoms with Crippen LogP contribution in [0.5, 0.6) is 0 Å². The van der Waals surface area contributed by atoms with Crippen LogP contribution in [0.25, 0.3) is 0 Å². The molecule has 0 heterocycles. The van der Waals surface area contributed by atoms with Gasteiger partial charge in [0, 0.05) is 16.5 Å². The van der Waals surface area contributed by atoms with Crippen molar-refractivity contribution in [2.45, 2.75) is 38.5 Å². The number of halogens is 1. The van der Waals surface area contributed by atoms with Gasteiger partial charge < -0.3 is 4.74 Å². The molecule has 4 heteroatoms. The molecule has 0 bridgehead atoms. The molecule has 0 saturated heterocycles. The molecular formula is C22H25BrO3. The highest BCUT2D eigenvalue weighted by molar-refractivity contribution is 9.09. The first-order valence-corrected chi connectivity index (χ1v) is 10.3. The van der Waals surface area contributed by atoms with Crippen molar-refractivity contribution in [3.05, 3.63) is 71.3 Å². The summed E-state index contributed by atoms with van der Waals surface area (Å²) < 4.78 is 5.31. The number of alkyl halides is 1. The second-order valence-corrected chi connectivity index (χ2v) is 7.01. The normalized spacial score (nSPS) is 10.5. The second kappa shape index (κ2) is 11.6. The number of ether oxygens (including phenoxy) is 1. The van der Waals surface area contributed by atoms with Crippen molar-refractivity contribution in [2.75, 3.05) is 11.9 Å². The summed E-state index contributed by atoms with van der Waals surface area (Å²) in [5.74, 6) is -0.381. The zero-order valence-electron chi connectivity index (χ0n) is 15.0. The lowest BCUT2D eigenvalue weighted by Crippen LogP contribution is -2.07. The quantitative estimate of drug-likeness (QED) is 0.201. The third-order valence-corrected chi connectivity index (χ3v) is 4.74. The Morgan fingerprint density at radius 1 is 0.692 bits per heavy atom. The van der Waals surface area contributed by atoms with Gasteiger partial charge in [-0.2, -0.15) is 0 Å². The van der Waals surface area contributed by atoms with Gasteiger partial charge in [0.2, 0.25) is 0 Å². The van der Waals surface area contributed by atoms with Gasteiger partial charge in [0.25, 0.3) is 0 Å². The second-order valence-electron chi connectivity index (χ2n) is 6.22. The van der Waals surface area contributed by atoms with Crippen molar-refractivity contribution >= 4 is 27.7 Å². The molecule has 0 aliphatic carbocycles. The number of carbonyl (C=O) groups is 2. The molecule has 0 fully saturated rings. The summed E-state index contributed by atoms with van der Waals surface area (Å²) in [4.78, 5) is 24.4. The minimum Gasteiger partial charge on any atom is -0.462 e. The van der Waals surface area contributed by atoms with E-state index in [0.717, 1.165) is 18.2 Å². The van der Waals surface area contributed by atoms with Crippen LogP contribution in [-0.2, 0) is 4.74 Å². The van der Waals surface area contributed by atoms with Gasteiger partial charge in [-0.05, 0) is 25.0 Å². The van der Waals surface area contributed by atoms with Gasteiger partial charge in [0.1, 0.15) is 0 Å². The van der Waals surface area contributed by atoms with Crippen LogP contribution in [0, 0.1) is 0 Å². The van der Waals surface area contributed by atoms with E-state index in [1.807, 2.05) is 18.2 Å². The van der Waals surface area contributed by atoms with Crippen LogP contribution in [0.3, 0.4) is 0 Å². The number of hydrogen-bond donors (Lipinski definition) is 0. The molecule has 0 aliphatic rings. The average molecular weight is 417 g/mol. The molecule has 2 aromatic carbocycles. The van der Waals surface area contributed by atoms with Gasteiger partial charge in [-0.25, -0.2) is 4.79 Å². The Bertz CT molecular complexity index is 680. The molecular weight excluding hydrogens is 392 g/mol. The first-order valence-electron chi connectivity index (χ1n) is 9.15. The minimum absolute atomic E-state index is 0.0505. The molecule has 138 valence electrons. The zero-order valence-corrected chi connectivity index (χ0v) is 16.5. The van der Waals surface area contributed by atoms with Crippen LogP contribution in [-0.4, -0.2) is 23.7 Å². The number of unbranched alkanes of at least 4 members (excludes halogenated alkanes) is 5. The van der Waals surface area contributed by atoms with E-state index < -0.39 is 0 Å². The van der Waals surface area contributed by atoms with Gasteiger partial charge in [-0.3, -0.25) is 4.79 Å². The molecule has 0 radical (unpaired) electrons. The number of benzene rings is 2. The first-order chi connectivity index (χ1) is 12.7. The van der Waals surface area contributed by atoms with E-state index in [0.29, 0.717) is 23.3 Å². The van der Waals surface area contributed by atoms with E-state index >= 15 is 0 Å². The van der Waals surface area contributed by atoms with Crippen LogP contribution in [0.1, 0.15) is 64.8 Å². The minimum atomic E-state index is -0.331. The van der Waals surface area contributed by atoms with Crippen molar-refractivity contribution in [1.82, 2.24) is 0 Å². The summed E-state index contributed by atoms with van der Waals surface area (Å²) in [6, 6.07) is 15.8. The summed E-state index contributed by atoms with van der Waals surface area (Å²) in [5.41, 5.74) is 1.68. The van der Waals surface area contributed by atoms with Gasteiger partial charge in [0.05, 0.1) is 12.2 Å². The molecule has 0 amide bonds. The SMILES string of the molecule is O=C(OCCCCCCCCBr)c1ccc(C(=O)c2ccccc2)cc1. The molecule has 2 rings (SSSR count). The van der Waals surface area contributed by atoms with E-state index in [4.69, 9.17) is 4.74 Å². The van der Waals surface area contributed by atoms with E-state index in [2.05, 4.69) is 15.9 Å². The Morgan fingerprint density at radius 2 is 1.23 bits per heavy atom. The van der Waals surface area contributed by atoms with Crippen molar-refractivity contribution < 1.29 is 14.3 Å². The van der Waals surface area contributed by atoms with Crippen molar-refractivity contribution in [3.63, 3.8) is 0 Å². The van der Waals surface area contributed by atoms with Gasteiger partial charge in [0.15, 0.2) is 5.78 Å². The summed E-state index contributed by atoms with van der Waals surface area (Å²) in [6.45, 7) is 0.446. The number of hydrogen-bond acceptors (Lipinski definition) is 3. The van der Waals surface area contributed by atoms with E-state index in [-0.39, 0.29) is 11.8 Å². The van der Waals surface area contributed by atoms with E-state index in [1.54, 1.807) is 36.4 Å². The Hall–Kier alpha value is -1.94. The molecule has 0 atom stereocenters. The predicted molar refractivity (Wildman–Crippen MR) is 108 cm³/mol. The lowest BCUT2D eigenvalue weighted by Gasteiger charge is -2.06. The molecule has 0 N–H and O–H groups in total. The van der Waals surface area contributed by atoms with Crippen LogP contribution < -0.4 is 0 Å². The van der Waals surface area contributed by atoms with Crippen LogP contribution in [0.4, 0.5) is 0 Å². The van der Waals surface area contributed by atoms with Gasteiger partial charge in [-0.15, -0.1) is 0 Å². The smallest absolute Gasteiger partial charge is 0.338 e. The zero-order chi connectivity index (χ0) is 18.6. The van der Waals surface area contributed by atoms with E-state index in [9.17, 15) is 9.59 Å². The Balaban J connectivity index is 1.74. The summed E-state index contributed by atoms with van der Waals surface area (Å²) in [7, 11) is 0. The number of carbonyl (C=O) groups excluding carboxylic acids is 2. The highest BCUT2D eigenvalue weighted by Crippen LogP contribution is 2.12. The summed E-state index contributed by atoms with van der Waals surface area (Å²) in [5, 5.41) is 1.07. The fraction of sp³-hybridized carbons (Fsp3) is 0.364. The van der Waals surface area contributed by atoms with Gasteiger partial charge >= 0.3 is 5.97 Å². The molecule has 0 unspecified atom stereocenters. The summed E-state index contributed by atoms with van der Waals surface area (Å²) in [6.07, 6.45) is 6.86. The highest BCUT2D eigenvalue weighted by atomic mass is 79.9. The highest BCUT2D eigenvalue weighted by Gasteiger charge is 2.11. The van der Waals surface area contributed by atoms with Crippen LogP contribution in [0.15, 0.2) is 54.6 Å². The largest absolute Gasteiger partial charge is 0.462 e. The van der Waals surface area contributed by atoms with Crippen molar-refractivity contribution in [3.8, 4) is 0 Å². The van der Waals surface area contributed by atoms with E-state index in [1.165, 1.54) is 25.7 Å². The maximum absolute atomic E-state index is 12.3. The molecule has 2 aromatic rings. The first kappa shape index (κ1) is 20.4. The van der Waals surface area contributed by atoms with Crippen LogP contribution in [0.2, 0.25) is 0 Å². The molecule has 0 saturated carbocycles. The number of rotatable bonds is 11. The molecule has 3 nitrogen and oxygen atoms in total. The van der Waals surface area contributed by atoms with Crippen molar-refractivity contribution in [1.29, 1.82) is 0 Å². The fourth-order valence-electron chi connectivity index (χ4n) is 2.67. The number of ketones is 1. The maximum atomic E-state index is 12.3. The van der Waals surface area contributed by atoms with Crippen molar-refractivity contribution in [2.24, 2.45) is 0 Å². The lowest BCUT2D eigenvalue weighted by molar-refractivity contribution is 0.0497. The third-order valence-electron chi connectivity index (χ3n) is 4.18. The molecule has 0 aromatic heterocycles. The monoisotopic (exact) mass is 416 g/mol. The summed E-state index contributed by atoms with van der Waals surface area (Å²) >= 11 is 3.43. The Morgan fingerprint density at radius 3 is 1.88 bits per heavy atom. The Kier molecular flexibility index (Phi) is 9.11. The number of esters is 1. The topological polar surface area (TPSA) is 43.4 Å². The maximum Gasteiger partial charge on any atom is 0.338 e. The lowest BCUT2D eigenvalue weighted by atomic mass is 10.0. The third kappa shape index (κ3) is 6.75.